The zero-order chi connectivity index (χ0) is 15.1. The van der Waals surface area contributed by atoms with Crippen molar-refractivity contribution >= 4 is 5.91 Å². The van der Waals surface area contributed by atoms with Gasteiger partial charge in [0.1, 0.15) is 5.75 Å². The number of amides is 1. The third-order valence-corrected chi connectivity index (χ3v) is 3.28. The van der Waals surface area contributed by atoms with E-state index in [0.717, 1.165) is 12.0 Å². The minimum Gasteiger partial charge on any atom is -0.508 e. The summed E-state index contributed by atoms with van der Waals surface area (Å²) < 4.78 is 0. The van der Waals surface area contributed by atoms with Crippen LogP contribution in [-0.2, 0) is 17.6 Å². The van der Waals surface area contributed by atoms with E-state index in [2.05, 4.69) is 5.32 Å². The maximum absolute atomic E-state index is 11.9. The molecule has 4 N–H and O–H groups in total. The maximum Gasteiger partial charge on any atom is 0.237 e. The van der Waals surface area contributed by atoms with Crippen LogP contribution in [0.5, 0.6) is 5.75 Å². The summed E-state index contributed by atoms with van der Waals surface area (Å²) in [4.78, 5) is 11.9. The van der Waals surface area contributed by atoms with Gasteiger partial charge in [0.25, 0.3) is 0 Å². The van der Waals surface area contributed by atoms with Crippen LogP contribution >= 0.6 is 0 Å². The molecule has 2 aromatic carbocycles. The van der Waals surface area contributed by atoms with E-state index < -0.39 is 6.04 Å². The number of nitrogens with one attached hydrogen (secondary N) is 1. The highest BCUT2D eigenvalue weighted by atomic mass is 16.3. The first-order chi connectivity index (χ1) is 10.1. The molecule has 0 unspecified atom stereocenters. The van der Waals surface area contributed by atoms with Crippen LogP contribution in [0.25, 0.3) is 0 Å². The largest absolute Gasteiger partial charge is 0.508 e. The van der Waals surface area contributed by atoms with Crippen LogP contribution in [0.4, 0.5) is 0 Å². The summed E-state index contributed by atoms with van der Waals surface area (Å²) >= 11 is 0. The summed E-state index contributed by atoms with van der Waals surface area (Å²) in [7, 11) is 0. The maximum atomic E-state index is 11.9. The molecule has 0 aromatic heterocycles. The van der Waals surface area contributed by atoms with Gasteiger partial charge in [-0.1, -0.05) is 42.5 Å². The molecule has 2 aromatic rings. The van der Waals surface area contributed by atoms with Gasteiger partial charge in [-0.3, -0.25) is 4.79 Å². The third-order valence-electron chi connectivity index (χ3n) is 3.28. The number of carbonyl (C=O) groups excluding carboxylic acids is 1. The number of benzene rings is 2. The number of hydrogen-bond donors (Lipinski definition) is 3. The summed E-state index contributed by atoms with van der Waals surface area (Å²) in [6, 6.07) is 16.1. The Bertz CT molecular complexity index is 567. The Morgan fingerprint density at radius 3 is 2.38 bits per heavy atom. The fourth-order valence-electron chi connectivity index (χ4n) is 2.08. The SMILES string of the molecule is N[C@H](Cc1ccc(O)cc1)C(=O)NCCc1ccccc1. The quantitative estimate of drug-likeness (QED) is 0.754. The first-order valence-electron chi connectivity index (χ1n) is 7.00. The molecule has 0 bridgehead atoms. The number of aromatic hydroxyl groups is 1. The monoisotopic (exact) mass is 284 g/mol. The van der Waals surface area contributed by atoms with E-state index in [9.17, 15) is 9.90 Å². The minimum absolute atomic E-state index is 0.154. The van der Waals surface area contributed by atoms with Crippen molar-refractivity contribution in [1.29, 1.82) is 0 Å². The predicted octanol–water partition coefficient (Wildman–Crippen LogP) is 1.62. The van der Waals surface area contributed by atoms with Crippen LogP contribution in [0.15, 0.2) is 54.6 Å². The third kappa shape index (κ3) is 4.93. The molecule has 0 heterocycles. The van der Waals surface area contributed by atoms with Crippen molar-refractivity contribution in [2.45, 2.75) is 18.9 Å². The first kappa shape index (κ1) is 15.1. The molecule has 0 fully saturated rings. The highest BCUT2D eigenvalue weighted by Crippen LogP contribution is 2.10. The van der Waals surface area contributed by atoms with Crippen molar-refractivity contribution in [2.75, 3.05) is 6.54 Å². The van der Waals surface area contributed by atoms with E-state index in [-0.39, 0.29) is 11.7 Å². The lowest BCUT2D eigenvalue weighted by atomic mass is 10.1. The summed E-state index contributed by atoms with van der Waals surface area (Å²) in [5.41, 5.74) is 8.01. The second-order valence-corrected chi connectivity index (χ2v) is 5.00. The molecule has 4 heteroatoms. The van der Waals surface area contributed by atoms with Crippen LogP contribution in [0.3, 0.4) is 0 Å². The Hall–Kier alpha value is -2.33. The average Bonchev–Trinajstić information content (AvgIpc) is 2.50. The van der Waals surface area contributed by atoms with Gasteiger partial charge < -0.3 is 16.2 Å². The van der Waals surface area contributed by atoms with Crippen molar-refractivity contribution in [3.63, 3.8) is 0 Å². The van der Waals surface area contributed by atoms with Gasteiger partial charge in [0.2, 0.25) is 5.91 Å². The Morgan fingerprint density at radius 1 is 1.05 bits per heavy atom. The Kier molecular flexibility index (Phi) is 5.35. The summed E-state index contributed by atoms with van der Waals surface area (Å²) in [6.45, 7) is 0.576. The van der Waals surface area contributed by atoms with Crippen molar-refractivity contribution < 1.29 is 9.90 Å². The standard InChI is InChI=1S/C17H20N2O2/c18-16(12-14-6-8-15(20)9-7-14)17(21)19-11-10-13-4-2-1-3-5-13/h1-9,16,20H,10-12,18H2,(H,19,21)/t16-/m1/s1. The number of carbonyl (C=O) groups is 1. The van der Waals surface area contributed by atoms with E-state index in [1.165, 1.54) is 5.56 Å². The zero-order valence-electron chi connectivity index (χ0n) is 11.8. The van der Waals surface area contributed by atoms with Crippen molar-refractivity contribution in [2.24, 2.45) is 5.73 Å². The smallest absolute Gasteiger partial charge is 0.237 e. The van der Waals surface area contributed by atoms with Gasteiger partial charge in [0.05, 0.1) is 6.04 Å². The minimum atomic E-state index is -0.578. The Balaban J connectivity index is 1.76. The second kappa shape index (κ2) is 7.45. The van der Waals surface area contributed by atoms with Crippen molar-refractivity contribution in [3.8, 4) is 5.75 Å². The van der Waals surface area contributed by atoms with Gasteiger partial charge in [-0.15, -0.1) is 0 Å². The molecular weight excluding hydrogens is 264 g/mol. The van der Waals surface area contributed by atoms with Crippen LogP contribution in [0, 0.1) is 0 Å². The lowest BCUT2D eigenvalue weighted by molar-refractivity contribution is -0.122. The molecular formula is C17H20N2O2. The van der Waals surface area contributed by atoms with Crippen LogP contribution in [0.1, 0.15) is 11.1 Å². The highest BCUT2D eigenvalue weighted by molar-refractivity contribution is 5.81. The predicted molar refractivity (Wildman–Crippen MR) is 82.9 cm³/mol. The summed E-state index contributed by atoms with van der Waals surface area (Å²) in [6.07, 6.45) is 1.25. The number of hydrogen-bond acceptors (Lipinski definition) is 3. The Labute approximate surface area is 124 Å². The molecule has 1 atom stereocenters. The number of nitrogens with two attached hydrogens (primary N) is 1. The second-order valence-electron chi connectivity index (χ2n) is 5.00. The molecule has 0 aliphatic heterocycles. The lowest BCUT2D eigenvalue weighted by Gasteiger charge is -2.12. The summed E-state index contributed by atoms with van der Waals surface area (Å²) in [5, 5.41) is 12.1. The zero-order valence-corrected chi connectivity index (χ0v) is 11.8. The molecule has 0 radical (unpaired) electrons. The lowest BCUT2D eigenvalue weighted by Crippen LogP contribution is -2.42. The molecule has 0 saturated carbocycles. The number of phenols is 1. The molecule has 0 aliphatic rings. The Morgan fingerprint density at radius 2 is 1.71 bits per heavy atom. The molecule has 0 saturated heterocycles. The normalized spacial score (nSPS) is 11.9. The fraction of sp³-hybridized carbons (Fsp3) is 0.235. The van der Waals surface area contributed by atoms with Gasteiger partial charge >= 0.3 is 0 Å². The highest BCUT2D eigenvalue weighted by Gasteiger charge is 2.13. The average molecular weight is 284 g/mol. The van der Waals surface area contributed by atoms with E-state index >= 15 is 0 Å². The van der Waals surface area contributed by atoms with Gasteiger partial charge in [-0.2, -0.15) is 0 Å². The van der Waals surface area contributed by atoms with Crippen LogP contribution < -0.4 is 11.1 Å². The fourth-order valence-corrected chi connectivity index (χ4v) is 2.08. The summed E-state index contributed by atoms with van der Waals surface area (Å²) in [5.74, 6) is 0.0543. The van der Waals surface area contributed by atoms with E-state index in [4.69, 9.17) is 5.73 Å². The van der Waals surface area contributed by atoms with E-state index in [1.807, 2.05) is 30.3 Å². The molecule has 4 nitrogen and oxygen atoms in total. The van der Waals surface area contributed by atoms with Gasteiger partial charge in [-0.25, -0.2) is 0 Å². The number of rotatable bonds is 6. The topological polar surface area (TPSA) is 75.3 Å². The first-order valence-corrected chi connectivity index (χ1v) is 7.00. The molecule has 2 rings (SSSR count). The van der Waals surface area contributed by atoms with E-state index in [1.54, 1.807) is 24.3 Å². The molecule has 21 heavy (non-hydrogen) atoms. The molecule has 0 spiro atoms. The van der Waals surface area contributed by atoms with Gasteiger partial charge in [-0.05, 0) is 36.1 Å². The number of phenolic OH excluding ortho intramolecular Hbond substituents is 1. The van der Waals surface area contributed by atoms with Crippen molar-refractivity contribution in [3.05, 3.63) is 65.7 Å². The van der Waals surface area contributed by atoms with E-state index in [0.29, 0.717) is 13.0 Å². The molecule has 0 aliphatic carbocycles. The molecule has 110 valence electrons. The van der Waals surface area contributed by atoms with Crippen molar-refractivity contribution in [1.82, 2.24) is 5.32 Å². The van der Waals surface area contributed by atoms with Crippen LogP contribution in [-0.4, -0.2) is 23.6 Å². The molecule has 1 amide bonds. The van der Waals surface area contributed by atoms with Gasteiger partial charge in [0.15, 0.2) is 0 Å². The van der Waals surface area contributed by atoms with Gasteiger partial charge in [0, 0.05) is 6.54 Å². The van der Waals surface area contributed by atoms with Crippen LogP contribution in [0.2, 0.25) is 0 Å².